The second-order valence-corrected chi connectivity index (χ2v) is 3.64. The van der Waals surface area contributed by atoms with Crippen molar-refractivity contribution in [3.05, 3.63) is 35.9 Å². The molecule has 1 atom stereocenters. The van der Waals surface area contributed by atoms with Gasteiger partial charge in [-0.25, -0.2) is 0 Å². The van der Waals surface area contributed by atoms with Crippen molar-refractivity contribution >= 4 is 0 Å². The zero-order valence-corrected chi connectivity index (χ0v) is 8.24. The van der Waals surface area contributed by atoms with Crippen LogP contribution in [0.25, 0.3) is 0 Å². The number of benzene rings is 1. The minimum absolute atomic E-state index is 0.315. The summed E-state index contributed by atoms with van der Waals surface area (Å²) in [7, 11) is 0. The van der Waals surface area contributed by atoms with Gasteiger partial charge in [0.1, 0.15) is 0 Å². The predicted molar refractivity (Wildman–Crippen MR) is 55.6 cm³/mol. The van der Waals surface area contributed by atoms with Gasteiger partial charge in [-0.1, -0.05) is 37.3 Å². The molecule has 0 bridgehead atoms. The standard InChI is InChI=1S/C12H18O/c1-11(9-10-13)7-8-12-5-3-2-4-6-12/h2-6,11,13H,7-10H2,1H3/t11-/m1/s1. The Morgan fingerprint density at radius 2 is 1.85 bits per heavy atom. The summed E-state index contributed by atoms with van der Waals surface area (Å²) < 4.78 is 0. The third-order valence-corrected chi connectivity index (χ3v) is 2.39. The maximum absolute atomic E-state index is 8.73. The Bertz CT molecular complexity index is 218. The van der Waals surface area contributed by atoms with Crippen molar-refractivity contribution in [3.63, 3.8) is 0 Å². The molecule has 0 aromatic heterocycles. The van der Waals surface area contributed by atoms with Gasteiger partial charge in [0, 0.05) is 6.61 Å². The SMILES string of the molecule is C[C@@H](CCO)CCc1ccccc1. The number of aliphatic hydroxyl groups is 1. The number of rotatable bonds is 5. The van der Waals surface area contributed by atoms with Crippen molar-refractivity contribution < 1.29 is 5.11 Å². The summed E-state index contributed by atoms with van der Waals surface area (Å²) in [6, 6.07) is 10.5. The highest BCUT2D eigenvalue weighted by molar-refractivity contribution is 5.14. The fourth-order valence-electron chi connectivity index (χ4n) is 1.42. The number of aryl methyl sites for hydroxylation is 1. The summed E-state index contributed by atoms with van der Waals surface area (Å²) in [6.07, 6.45) is 3.22. The first-order valence-corrected chi connectivity index (χ1v) is 4.97. The van der Waals surface area contributed by atoms with Crippen molar-refractivity contribution in [2.75, 3.05) is 6.61 Å². The molecule has 0 saturated heterocycles. The molecule has 1 N–H and O–H groups in total. The van der Waals surface area contributed by atoms with Gasteiger partial charge in [0.2, 0.25) is 0 Å². The maximum atomic E-state index is 8.73. The number of aliphatic hydroxyl groups excluding tert-OH is 1. The summed E-state index contributed by atoms with van der Waals surface area (Å²) in [4.78, 5) is 0. The van der Waals surface area contributed by atoms with Gasteiger partial charge in [0.25, 0.3) is 0 Å². The van der Waals surface area contributed by atoms with E-state index in [9.17, 15) is 0 Å². The van der Waals surface area contributed by atoms with Gasteiger partial charge in [-0.15, -0.1) is 0 Å². The highest BCUT2D eigenvalue weighted by Gasteiger charge is 2.00. The third kappa shape index (κ3) is 4.09. The van der Waals surface area contributed by atoms with Gasteiger partial charge in [-0.05, 0) is 30.7 Å². The van der Waals surface area contributed by atoms with E-state index in [1.54, 1.807) is 0 Å². The number of hydrogen-bond donors (Lipinski definition) is 1. The summed E-state index contributed by atoms with van der Waals surface area (Å²) in [6.45, 7) is 2.51. The van der Waals surface area contributed by atoms with Crippen molar-refractivity contribution in [1.29, 1.82) is 0 Å². The Morgan fingerprint density at radius 3 is 2.46 bits per heavy atom. The molecule has 0 amide bonds. The van der Waals surface area contributed by atoms with Crippen LogP contribution in [0.1, 0.15) is 25.3 Å². The molecule has 1 aromatic rings. The lowest BCUT2D eigenvalue weighted by molar-refractivity contribution is 0.258. The molecule has 0 aliphatic carbocycles. The maximum Gasteiger partial charge on any atom is 0.0433 e. The first-order chi connectivity index (χ1) is 6.33. The average Bonchev–Trinajstić information content (AvgIpc) is 2.17. The minimum atomic E-state index is 0.315. The Kier molecular flexibility index (Phi) is 4.55. The summed E-state index contributed by atoms with van der Waals surface area (Å²) in [5, 5.41) is 8.73. The van der Waals surface area contributed by atoms with E-state index in [2.05, 4.69) is 31.2 Å². The molecular formula is C12H18O. The number of hydrogen-bond acceptors (Lipinski definition) is 1. The monoisotopic (exact) mass is 178 g/mol. The molecule has 1 rings (SSSR count). The van der Waals surface area contributed by atoms with Crippen LogP contribution in [0, 0.1) is 5.92 Å². The predicted octanol–water partition coefficient (Wildman–Crippen LogP) is 2.64. The van der Waals surface area contributed by atoms with Crippen LogP contribution in [0.3, 0.4) is 0 Å². The highest BCUT2D eigenvalue weighted by atomic mass is 16.2. The zero-order chi connectivity index (χ0) is 9.52. The first-order valence-electron chi connectivity index (χ1n) is 4.97. The van der Waals surface area contributed by atoms with Crippen LogP contribution in [0.4, 0.5) is 0 Å². The van der Waals surface area contributed by atoms with E-state index in [-0.39, 0.29) is 0 Å². The van der Waals surface area contributed by atoms with Gasteiger partial charge in [-0.3, -0.25) is 0 Å². The molecule has 72 valence electrons. The van der Waals surface area contributed by atoms with Crippen molar-refractivity contribution in [1.82, 2.24) is 0 Å². The molecule has 1 nitrogen and oxygen atoms in total. The third-order valence-electron chi connectivity index (χ3n) is 2.39. The molecule has 0 unspecified atom stereocenters. The van der Waals surface area contributed by atoms with Crippen molar-refractivity contribution in [2.45, 2.75) is 26.2 Å². The van der Waals surface area contributed by atoms with Gasteiger partial charge in [0.05, 0.1) is 0 Å². The van der Waals surface area contributed by atoms with Crippen LogP contribution < -0.4 is 0 Å². The molecular weight excluding hydrogens is 160 g/mol. The van der Waals surface area contributed by atoms with Gasteiger partial charge >= 0.3 is 0 Å². The van der Waals surface area contributed by atoms with E-state index in [1.807, 2.05) is 6.07 Å². The van der Waals surface area contributed by atoms with E-state index in [1.165, 1.54) is 12.0 Å². The lowest BCUT2D eigenvalue weighted by atomic mass is 9.99. The Hall–Kier alpha value is -0.820. The van der Waals surface area contributed by atoms with Crippen LogP contribution in [0.2, 0.25) is 0 Å². The summed E-state index contributed by atoms with van der Waals surface area (Å²) >= 11 is 0. The molecule has 0 saturated carbocycles. The molecule has 0 aliphatic rings. The van der Waals surface area contributed by atoms with Crippen LogP contribution in [-0.4, -0.2) is 11.7 Å². The normalized spacial score (nSPS) is 12.8. The average molecular weight is 178 g/mol. The molecule has 0 spiro atoms. The molecule has 0 heterocycles. The van der Waals surface area contributed by atoms with E-state index < -0.39 is 0 Å². The van der Waals surface area contributed by atoms with Gasteiger partial charge in [0.15, 0.2) is 0 Å². The van der Waals surface area contributed by atoms with E-state index >= 15 is 0 Å². The Morgan fingerprint density at radius 1 is 1.15 bits per heavy atom. The smallest absolute Gasteiger partial charge is 0.0433 e. The largest absolute Gasteiger partial charge is 0.396 e. The van der Waals surface area contributed by atoms with E-state index in [4.69, 9.17) is 5.11 Å². The van der Waals surface area contributed by atoms with Crippen LogP contribution in [0.5, 0.6) is 0 Å². The lowest BCUT2D eigenvalue weighted by Gasteiger charge is -2.08. The Balaban J connectivity index is 2.27. The molecule has 13 heavy (non-hydrogen) atoms. The fraction of sp³-hybridized carbons (Fsp3) is 0.500. The zero-order valence-electron chi connectivity index (χ0n) is 8.24. The fourth-order valence-corrected chi connectivity index (χ4v) is 1.42. The Labute approximate surface area is 80.4 Å². The van der Waals surface area contributed by atoms with Crippen LogP contribution in [0.15, 0.2) is 30.3 Å². The molecule has 0 aliphatic heterocycles. The second-order valence-electron chi connectivity index (χ2n) is 3.64. The summed E-state index contributed by atoms with van der Waals surface area (Å²) in [5.41, 5.74) is 1.40. The van der Waals surface area contributed by atoms with Crippen LogP contribution in [-0.2, 0) is 6.42 Å². The molecule has 1 heteroatoms. The van der Waals surface area contributed by atoms with Crippen LogP contribution >= 0.6 is 0 Å². The van der Waals surface area contributed by atoms with Crippen molar-refractivity contribution in [3.8, 4) is 0 Å². The highest BCUT2D eigenvalue weighted by Crippen LogP contribution is 2.11. The first kappa shape index (κ1) is 10.3. The van der Waals surface area contributed by atoms with Gasteiger partial charge < -0.3 is 5.11 Å². The summed E-state index contributed by atoms with van der Waals surface area (Å²) in [5.74, 6) is 0.630. The quantitative estimate of drug-likeness (QED) is 0.735. The molecule has 0 radical (unpaired) electrons. The minimum Gasteiger partial charge on any atom is -0.396 e. The van der Waals surface area contributed by atoms with E-state index in [0.29, 0.717) is 12.5 Å². The van der Waals surface area contributed by atoms with E-state index in [0.717, 1.165) is 12.8 Å². The second kappa shape index (κ2) is 5.76. The van der Waals surface area contributed by atoms with Gasteiger partial charge in [-0.2, -0.15) is 0 Å². The lowest BCUT2D eigenvalue weighted by Crippen LogP contribution is -1.99. The topological polar surface area (TPSA) is 20.2 Å². The van der Waals surface area contributed by atoms with Crippen molar-refractivity contribution in [2.24, 2.45) is 5.92 Å². The molecule has 0 fully saturated rings. The molecule has 1 aromatic carbocycles.